The number of hydrogen-bond acceptors (Lipinski definition) is 3. The molecule has 1 saturated heterocycles. The zero-order chi connectivity index (χ0) is 15.2. The molecule has 1 saturated carbocycles. The van der Waals surface area contributed by atoms with Crippen LogP contribution in [0.1, 0.15) is 39.5 Å². The second-order valence-electron chi connectivity index (χ2n) is 6.08. The maximum atomic E-state index is 12.2. The summed E-state index contributed by atoms with van der Waals surface area (Å²) in [5, 5.41) is 3.13. The Hall–Kier alpha value is -1.46. The van der Waals surface area contributed by atoms with Gasteiger partial charge in [0, 0.05) is 32.2 Å². The van der Waals surface area contributed by atoms with Crippen molar-refractivity contribution in [1.29, 1.82) is 0 Å². The van der Waals surface area contributed by atoms with Gasteiger partial charge in [-0.15, -0.1) is 0 Å². The van der Waals surface area contributed by atoms with E-state index in [2.05, 4.69) is 12.2 Å². The Kier molecular flexibility index (Phi) is 5.70. The molecule has 120 valence electrons. The lowest BCUT2D eigenvalue weighted by molar-refractivity contribution is 0.0844. The van der Waals surface area contributed by atoms with Gasteiger partial charge in [0.25, 0.3) is 0 Å². The van der Waals surface area contributed by atoms with Gasteiger partial charge in [-0.3, -0.25) is 0 Å². The Morgan fingerprint density at radius 3 is 2.19 bits per heavy atom. The van der Waals surface area contributed by atoms with E-state index in [1.165, 1.54) is 12.8 Å². The molecule has 0 aromatic rings. The summed E-state index contributed by atoms with van der Waals surface area (Å²) < 4.78 is 4.98. The molecule has 1 heterocycles. The van der Waals surface area contributed by atoms with Crippen LogP contribution in [0.15, 0.2) is 0 Å². The van der Waals surface area contributed by atoms with Gasteiger partial charge in [0.15, 0.2) is 0 Å². The van der Waals surface area contributed by atoms with Crippen molar-refractivity contribution in [2.75, 3.05) is 32.8 Å². The van der Waals surface area contributed by atoms with Crippen molar-refractivity contribution in [2.24, 2.45) is 5.92 Å². The van der Waals surface area contributed by atoms with E-state index in [0.29, 0.717) is 38.8 Å². The summed E-state index contributed by atoms with van der Waals surface area (Å²) in [4.78, 5) is 27.3. The van der Waals surface area contributed by atoms with E-state index in [1.807, 2.05) is 0 Å². The van der Waals surface area contributed by atoms with Crippen LogP contribution in [0.2, 0.25) is 0 Å². The van der Waals surface area contributed by atoms with Gasteiger partial charge in [-0.1, -0.05) is 6.92 Å². The molecule has 0 radical (unpaired) electrons. The summed E-state index contributed by atoms with van der Waals surface area (Å²) in [6.07, 6.45) is 4.27. The van der Waals surface area contributed by atoms with Crippen LogP contribution in [-0.4, -0.2) is 60.8 Å². The first-order valence-corrected chi connectivity index (χ1v) is 8.07. The highest BCUT2D eigenvalue weighted by atomic mass is 16.6. The van der Waals surface area contributed by atoms with Crippen molar-refractivity contribution in [3.63, 3.8) is 0 Å². The fourth-order valence-corrected chi connectivity index (χ4v) is 2.98. The maximum absolute atomic E-state index is 12.2. The molecule has 0 atom stereocenters. The molecule has 6 nitrogen and oxygen atoms in total. The number of carbonyl (C=O) groups is 2. The van der Waals surface area contributed by atoms with Crippen LogP contribution in [0.25, 0.3) is 0 Å². The number of ether oxygens (including phenoxy) is 1. The van der Waals surface area contributed by atoms with Crippen LogP contribution in [0, 0.1) is 5.92 Å². The van der Waals surface area contributed by atoms with E-state index < -0.39 is 0 Å². The van der Waals surface area contributed by atoms with E-state index in [4.69, 9.17) is 4.74 Å². The summed E-state index contributed by atoms with van der Waals surface area (Å²) in [6.45, 7) is 6.71. The molecule has 1 aliphatic heterocycles. The summed E-state index contributed by atoms with van der Waals surface area (Å²) >= 11 is 0. The Bertz CT molecular complexity index is 359. The van der Waals surface area contributed by atoms with Gasteiger partial charge in [0.1, 0.15) is 0 Å². The predicted molar refractivity (Wildman–Crippen MR) is 80.1 cm³/mol. The number of piperazine rings is 1. The molecule has 0 aromatic heterocycles. The quantitative estimate of drug-likeness (QED) is 0.848. The van der Waals surface area contributed by atoms with Gasteiger partial charge < -0.3 is 19.9 Å². The highest BCUT2D eigenvalue weighted by Gasteiger charge is 2.27. The molecular formula is C15H27N3O3. The number of nitrogens with zero attached hydrogens (tertiary/aromatic N) is 2. The number of carbonyl (C=O) groups excluding carboxylic acids is 2. The highest BCUT2D eigenvalue weighted by Crippen LogP contribution is 2.23. The third-order valence-electron chi connectivity index (χ3n) is 4.44. The third-order valence-corrected chi connectivity index (χ3v) is 4.44. The summed E-state index contributed by atoms with van der Waals surface area (Å²) in [5.74, 6) is 0.784. The average molecular weight is 297 g/mol. The maximum Gasteiger partial charge on any atom is 0.409 e. The molecule has 0 unspecified atom stereocenters. The molecular weight excluding hydrogens is 270 g/mol. The molecule has 1 N–H and O–H groups in total. The zero-order valence-corrected chi connectivity index (χ0v) is 13.1. The standard InChI is InChI=1S/C15H27N3O3/c1-3-21-15(20)18-10-8-17(9-11-18)14(19)16-13-6-4-12(2)5-7-13/h12-13H,3-11H2,1-2H3,(H,16,19). The molecule has 0 bridgehead atoms. The second-order valence-corrected chi connectivity index (χ2v) is 6.08. The topological polar surface area (TPSA) is 61.9 Å². The van der Waals surface area contributed by atoms with E-state index in [1.54, 1.807) is 16.7 Å². The Balaban J connectivity index is 1.71. The largest absolute Gasteiger partial charge is 0.450 e. The molecule has 0 spiro atoms. The monoisotopic (exact) mass is 297 g/mol. The molecule has 2 rings (SSSR count). The van der Waals surface area contributed by atoms with Crippen LogP contribution in [0.5, 0.6) is 0 Å². The SMILES string of the molecule is CCOC(=O)N1CCN(C(=O)NC2CCC(C)CC2)CC1. The molecule has 2 aliphatic rings. The van der Waals surface area contributed by atoms with Crippen molar-refractivity contribution in [2.45, 2.75) is 45.6 Å². The van der Waals surface area contributed by atoms with Crippen LogP contribution < -0.4 is 5.32 Å². The second kappa shape index (κ2) is 7.52. The zero-order valence-electron chi connectivity index (χ0n) is 13.1. The smallest absolute Gasteiger partial charge is 0.409 e. The number of rotatable bonds is 2. The van der Waals surface area contributed by atoms with Crippen molar-refractivity contribution < 1.29 is 14.3 Å². The lowest BCUT2D eigenvalue weighted by Crippen LogP contribution is -2.54. The predicted octanol–water partition coefficient (Wildman–Crippen LogP) is 2.05. The van der Waals surface area contributed by atoms with Crippen LogP contribution in [0.3, 0.4) is 0 Å². The lowest BCUT2D eigenvalue weighted by atomic mass is 9.87. The van der Waals surface area contributed by atoms with Crippen LogP contribution in [0.4, 0.5) is 9.59 Å². The fraction of sp³-hybridized carbons (Fsp3) is 0.867. The van der Waals surface area contributed by atoms with Gasteiger partial charge >= 0.3 is 12.1 Å². The van der Waals surface area contributed by atoms with Gasteiger partial charge in [0.05, 0.1) is 6.61 Å². The summed E-state index contributed by atoms with van der Waals surface area (Å²) in [7, 11) is 0. The fourth-order valence-electron chi connectivity index (χ4n) is 2.98. The van der Waals surface area contributed by atoms with E-state index in [9.17, 15) is 9.59 Å². The molecule has 2 fully saturated rings. The number of urea groups is 1. The number of hydrogen-bond donors (Lipinski definition) is 1. The summed E-state index contributed by atoms with van der Waals surface area (Å²) in [5.41, 5.74) is 0. The van der Waals surface area contributed by atoms with Crippen molar-refractivity contribution in [3.05, 3.63) is 0 Å². The lowest BCUT2D eigenvalue weighted by Gasteiger charge is -2.35. The minimum absolute atomic E-state index is 0.0121. The van der Waals surface area contributed by atoms with Gasteiger partial charge in [-0.25, -0.2) is 9.59 Å². The summed E-state index contributed by atoms with van der Waals surface area (Å²) in [6, 6.07) is 0.329. The molecule has 3 amide bonds. The minimum Gasteiger partial charge on any atom is -0.450 e. The van der Waals surface area contributed by atoms with Crippen LogP contribution in [-0.2, 0) is 4.74 Å². The van der Waals surface area contributed by atoms with Gasteiger partial charge in [-0.2, -0.15) is 0 Å². The Labute approximate surface area is 126 Å². The van der Waals surface area contributed by atoms with Gasteiger partial charge in [-0.05, 0) is 38.5 Å². The third kappa shape index (κ3) is 4.51. The minimum atomic E-state index is -0.279. The molecule has 0 aromatic carbocycles. The highest BCUT2D eigenvalue weighted by molar-refractivity contribution is 5.75. The van der Waals surface area contributed by atoms with E-state index in [0.717, 1.165) is 18.8 Å². The molecule has 1 aliphatic carbocycles. The van der Waals surface area contributed by atoms with Crippen molar-refractivity contribution in [1.82, 2.24) is 15.1 Å². The Morgan fingerprint density at radius 2 is 1.62 bits per heavy atom. The number of amides is 3. The van der Waals surface area contributed by atoms with E-state index >= 15 is 0 Å². The van der Waals surface area contributed by atoms with Gasteiger partial charge in [0.2, 0.25) is 0 Å². The van der Waals surface area contributed by atoms with E-state index in [-0.39, 0.29) is 12.1 Å². The molecule has 6 heteroatoms. The van der Waals surface area contributed by atoms with Crippen molar-refractivity contribution >= 4 is 12.1 Å². The normalized spacial score (nSPS) is 26.4. The molecule has 21 heavy (non-hydrogen) atoms. The van der Waals surface area contributed by atoms with Crippen LogP contribution >= 0.6 is 0 Å². The average Bonchev–Trinajstić information content (AvgIpc) is 2.50. The van der Waals surface area contributed by atoms with Crippen molar-refractivity contribution in [3.8, 4) is 0 Å². The first-order valence-electron chi connectivity index (χ1n) is 8.07. The first kappa shape index (κ1) is 15.9. The number of nitrogens with one attached hydrogen (secondary N) is 1. The first-order chi connectivity index (χ1) is 10.1. The Morgan fingerprint density at radius 1 is 1.05 bits per heavy atom.